The number of rotatable bonds is 5. The molecule has 11 nitrogen and oxygen atoms in total. The van der Waals surface area contributed by atoms with Crippen LogP contribution in [0, 0.1) is 0 Å². The molecule has 2 aliphatic rings. The molecular formula is C26H25N5O6. The molecule has 0 radical (unpaired) electrons. The number of hydrogen-bond acceptors (Lipinski definition) is 6. The molecule has 37 heavy (non-hydrogen) atoms. The molecule has 11 heteroatoms. The highest BCUT2D eigenvalue weighted by molar-refractivity contribution is 5.98. The largest absolute Gasteiger partial charge is 0.478 e. The highest BCUT2D eigenvalue weighted by atomic mass is 16.4. The molecule has 2 amide bonds. The summed E-state index contributed by atoms with van der Waals surface area (Å²) in [5, 5.41) is 27.2. The molecule has 1 aromatic heterocycles. The third kappa shape index (κ3) is 4.80. The van der Waals surface area contributed by atoms with Crippen molar-refractivity contribution in [2.45, 2.75) is 25.3 Å². The summed E-state index contributed by atoms with van der Waals surface area (Å²) < 4.78 is 2.02. The van der Waals surface area contributed by atoms with Crippen LogP contribution in [-0.2, 0) is 13.0 Å². The van der Waals surface area contributed by atoms with Gasteiger partial charge in [0.2, 0.25) is 0 Å². The zero-order valence-electron chi connectivity index (χ0n) is 19.9. The van der Waals surface area contributed by atoms with Crippen molar-refractivity contribution in [3.8, 4) is 0 Å². The van der Waals surface area contributed by atoms with Crippen LogP contribution in [0.2, 0.25) is 0 Å². The van der Waals surface area contributed by atoms with Gasteiger partial charge >= 0.3 is 11.9 Å². The van der Waals surface area contributed by atoms with Crippen LogP contribution >= 0.6 is 0 Å². The highest BCUT2D eigenvalue weighted by Gasteiger charge is 2.33. The molecule has 1 atom stereocenters. The Morgan fingerprint density at radius 3 is 1.95 bits per heavy atom. The van der Waals surface area contributed by atoms with Crippen molar-refractivity contribution >= 4 is 23.8 Å². The molecule has 1 fully saturated rings. The second kappa shape index (κ2) is 9.84. The van der Waals surface area contributed by atoms with Gasteiger partial charge < -0.3 is 24.6 Å². The van der Waals surface area contributed by atoms with E-state index < -0.39 is 11.9 Å². The summed E-state index contributed by atoms with van der Waals surface area (Å²) in [6.07, 6.45) is 1.21. The van der Waals surface area contributed by atoms with E-state index in [-0.39, 0.29) is 28.9 Å². The Hall–Kier alpha value is -4.54. The minimum atomic E-state index is -1.08. The summed E-state index contributed by atoms with van der Waals surface area (Å²) in [6.45, 7) is 2.31. The summed E-state index contributed by atoms with van der Waals surface area (Å²) in [4.78, 5) is 52.0. The highest BCUT2D eigenvalue weighted by Crippen LogP contribution is 2.28. The van der Waals surface area contributed by atoms with Gasteiger partial charge in [-0.2, -0.15) is 0 Å². The van der Waals surface area contributed by atoms with Crippen LogP contribution in [0.4, 0.5) is 0 Å². The molecule has 0 aliphatic carbocycles. The Balaban J connectivity index is 1.27. The number of carboxylic acid groups (broad SMARTS) is 2. The van der Waals surface area contributed by atoms with Crippen LogP contribution < -0.4 is 0 Å². The first-order valence-corrected chi connectivity index (χ1v) is 12.0. The number of nitrogens with zero attached hydrogens (tertiary/aromatic N) is 5. The Kier molecular flexibility index (Phi) is 6.43. The number of amides is 2. The zero-order chi connectivity index (χ0) is 26.1. The van der Waals surface area contributed by atoms with Gasteiger partial charge in [-0.15, -0.1) is 10.2 Å². The van der Waals surface area contributed by atoms with E-state index >= 15 is 0 Å². The average Bonchev–Trinajstić information content (AvgIpc) is 3.50. The lowest BCUT2D eigenvalue weighted by Crippen LogP contribution is -2.34. The van der Waals surface area contributed by atoms with Gasteiger partial charge in [0.05, 0.1) is 11.1 Å². The molecule has 2 N–H and O–H groups in total. The van der Waals surface area contributed by atoms with Crippen molar-refractivity contribution in [1.82, 2.24) is 24.6 Å². The van der Waals surface area contributed by atoms with Crippen molar-refractivity contribution in [2.24, 2.45) is 0 Å². The molecule has 1 unspecified atom stereocenters. The molecule has 0 bridgehead atoms. The first-order chi connectivity index (χ1) is 17.8. The number of hydrogen-bond donors (Lipinski definition) is 2. The minimum Gasteiger partial charge on any atom is -0.478 e. The maximum absolute atomic E-state index is 13.1. The van der Waals surface area contributed by atoms with Crippen LogP contribution in [0.3, 0.4) is 0 Å². The summed E-state index contributed by atoms with van der Waals surface area (Å²) in [5.41, 5.74) is 0.796. The molecule has 0 spiro atoms. The van der Waals surface area contributed by atoms with E-state index in [0.29, 0.717) is 56.7 Å². The number of benzene rings is 2. The Labute approximate surface area is 211 Å². The predicted molar refractivity (Wildman–Crippen MR) is 130 cm³/mol. The predicted octanol–water partition coefficient (Wildman–Crippen LogP) is 2.00. The average molecular weight is 504 g/mol. The van der Waals surface area contributed by atoms with Gasteiger partial charge in [0.1, 0.15) is 11.6 Å². The van der Waals surface area contributed by atoms with Crippen LogP contribution in [0.1, 0.15) is 65.4 Å². The first kappa shape index (κ1) is 24.2. The van der Waals surface area contributed by atoms with Crippen LogP contribution in [0.25, 0.3) is 0 Å². The molecule has 3 heterocycles. The summed E-state index contributed by atoms with van der Waals surface area (Å²) in [5.74, 6) is -1.11. The second-order valence-corrected chi connectivity index (χ2v) is 9.18. The first-order valence-electron chi connectivity index (χ1n) is 12.0. The maximum Gasteiger partial charge on any atom is 0.335 e. The molecule has 2 aliphatic heterocycles. The Morgan fingerprint density at radius 2 is 1.32 bits per heavy atom. The summed E-state index contributed by atoms with van der Waals surface area (Å²) in [6, 6.07) is 12.0. The number of carbonyl (C=O) groups is 4. The number of aromatic nitrogens is 3. The second-order valence-electron chi connectivity index (χ2n) is 9.18. The summed E-state index contributed by atoms with van der Waals surface area (Å²) in [7, 11) is 0. The number of carbonyl (C=O) groups excluding carboxylic acids is 2. The molecule has 190 valence electrons. The lowest BCUT2D eigenvalue weighted by Gasteiger charge is -2.21. The molecule has 1 saturated heterocycles. The van der Waals surface area contributed by atoms with E-state index in [1.807, 2.05) is 4.57 Å². The Bertz CT molecular complexity index is 1400. The van der Waals surface area contributed by atoms with Crippen molar-refractivity contribution in [2.75, 3.05) is 26.2 Å². The number of likely N-dealkylation sites (tertiary alicyclic amines) is 1. The van der Waals surface area contributed by atoms with Crippen molar-refractivity contribution < 1.29 is 29.4 Å². The summed E-state index contributed by atoms with van der Waals surface area (Å²) >= 11 is 0. The molecular weight excluding hydrogens is 478 g/mol. The maximum atomic E-state index is 13.1. The number of fused-ring (bicyclic) bond motifs is 1. The standard InChI is InChI=1S/C26H25N5O6/c32-23(16-3-1-5-18(13-16)25(34)35)29-10-8-21-27-28-22(31(21)12-11-29)20-7-9-30(15-20)24(33)17-4-2-6-19(14-17)26(36)37/h1-6,13-14,20H,7-12,15H2,(H,34,35)(H,36,37). The van der Waals surface area contributed by atoms with Crippen molar-refractivity contribution in [1.29, 1.82) is 0 Å². The smallest absolute Gasteiger partial charge is 0.335 e. The van der Waals surface area contributed by atoms with Crippen LogP contribution in [0.5, 0.6) is 0 Å². The van der Waals surface area contributed by atoms with Crippen LogP contribution in [0.15, 0.2) is 48.5 Å². The Morgan fingerprint density at radius 1 is 0.730 bits per heavy atom. The van der Waals surface area contributed by atoms with Gasteiger partial charge in [-0.1, -0.05) is 12.1 Å². The number of carboxylic acids is 2. The van der Waals surface area contributed by atoms with E-state index in [1.165, 1.54) is 24.3 Å². The van der Waals surface area contributed by atoms with Gasteiger partial charge in [0, 0.05) is 56.2 Å². The fourth-order valence-electron chi connectivity index (χ4n) is 4.94. The third-order valence-electron chi connectivity index (χ3n) is 6.90. The lowest BCUT2D eigenvalue weighted by molar-refractivity contribution is 0.0685. The molecule has 5 rings (SSSR count). The fraction of sp³-hybridized carbons (Fsp3) is 0.308. The van der Waals surface area contributed by atoms with Gasteiger partial charge in [0.15, 0.2) is 0 Å². The van der Waals surface area contributed by atoms with E-state index in [9.17, 15) is 29.4 Å². The van der Waals surface area contributed by atoms with Crippen molar-refractivity contribution in [3.05, 3.63) is 82.4 Å². The SMILES string of the molecule is O=C(O)c1cccc(C(=O)N2CCc3nnc(C4CCN(C(=O)c5cccc(C(=O)O)c5)C4)n3CC2)c1. The van der Waals surface area contributed by atoms with Gasteiger partial charge in [-0.25, -0.2) is 9.59 Å². The van der Waals surface area contributed by atoms with E-state index in [1.54, 1.807) is 34.1 Å². The van der Waals surface area contributed by atoms with Gasteiger partial charge in [-0.3, -0.25) is 9.59 Å². The molecule has 2 aromatic carbocycles. The normalized spacial score (nSPS) is 17.2. The van der Waals surface area contributed by atoms with E-state index in [2.05, 4.69) is 10.2 Å². The third-order valence-corrected chi connectivity index (χ3v) is 6.90. The van der Waals surface area contributed by atoms with E-state index in [4.69, 9.17) is 0 Å². The van der Waals surface area contributed by atoms with Crippen molar-refractivity contribution in [3.63, 3.8) is 0 Å². The monoisotopic (exact) mass is 503 g/mol. The van der Waals surface area contributed by atoms with E-state index in [0.717, 1.165) is 11.6 Å². The fourth-order valence-corrected chi connectivity index (χ4v) is 4.94. The minimum absolute atomic E-state index is 0.0256. The van der Waals surface area contributed by atoms with Crippen LogP contribution in [-0.4, -0.2) is 84.7 Å². The topological polar surface area (TPSA) is 146 Å². The van der Waals surface area contributed by atoms with Gasteiger partial charge in [0.25, 0.3) is 11.8 Å². The lowest BCUT2D eigenvalue weighted by atomic mass is 10.1. The number of aromatic carboxylic acids is 2. The van der Waals surface area contributed by atoms with Gasteiger partial charge in [-0.05, 0) is 42.8 Å². The zero-order valence-corrected chi connectivity index (χ0v) is 19.9. The molecule has 3 aromatic rings. The molecule has 0 saturated carbocycles. The quantitative estimate of drug-likeness (QED) is 0.538.